The van der Waals surface area contributed by atoms with Gasteiger partial charge < -0.3 is 4.42 Å². The highest BCUT2D eigenvalue weighted by molar-refractivity contribution is 6.17. The number of pyridine rings is 1. The summed E-state index contributed by atoms with van der Waals surface area (Å²) in [4.78, 5) is 5.17. The second-order valence-electron chi connectivity index (χ2n) is 11.9. The van der Waals surface area contributed by atoms with Crippen LogP contribution in [0.1, 0.15) is 69.4 Å². The molecule has 178 valence electrons. The zero-order chi connectivity index (χ0) is 24.6. The molecule has 0 atom stereocenters. The van der Waals surface area contributed by atoms with Crippen LogP contribution in [-0.2, 0) is 18.3 Å². The van der Waals surface area contributed by atoms with E-state index in [1.807, 2.05) is 0 Å². The molecule has 3 aromatic carbocycles. The normalized spacial score (nSPS) is 14.5. The Morgan fingerprint density at radius 2 is 1.54 bits per heavy atom. The molecule has 2 heteroatoms. The minimum absolute atomic E-state index is 0.200. The van der Waals surface area contributed by atoms with Gasteiger partial charge in [-0.3, -0.25) is 4.98 Å². The molecule has 2 aromatic heterocycles. The van der Waals surface area contributed by atoms with Crippen LogP contribution in [0.15, 0.2) is 53.1 Å². The van der Waals surface area contributed by atoms with E-state index in [-0.39, 0.29) is 5.41 Å². The molecule has 0 saturated carbocycles. The number of nitrogens with zero attached hydrogens (tertiary/aromatic N) is 1. The van der Waals surface area contributed by atoms with Crippen molar-refractivity contribution in [1.82, 2.24) is 4.98 Å². The van der Waals surface area contributed by atoms with Gasteiger partial charge >= 0.3 is 0 Å². The summed E-state index contributed by atoms with van der Waals surface area (Å²) in [6.45, 7) is 16.0. The first-order valence-corrected chi connectivity index (χ1v) is 13.1. The minimum Gasteiger partial charge on any atom is -0.455 e. The van der Waals surface area contributed by atoms with Crippen molar-refractivity contribution in [3.8, 4) is 11.3 Å². The maximum absolute atomic E-state index is 6.85. The molecule has 5 aromatic rings. The quantitative estimate of drug-likeness (QED) is 0.267. The average molecular weight is 462 g/mol. The van der Waals surface area contributed by atoms with Gasteiger partial charge in [0, 0.05) is 28.1 Å². The van der Waals surface area contributed by atoms with Gasteiger partial charge in [-0.05, 0) is 59.1 Å². The third-order valence-electron chi connectivity index (χ3n) is 7.78. The van der Waals surface area contributed by atoms with Gasteiger partial charge in [-0.2, -0.15) is 0 Å². The van der Waals surface area contributed by atoms with Gasteiger partial charge in [0.05, 0.1) is 11.1 Å². The Morgan fingerprint density at radius 1 is 0.829 bits per heavy atom. The van der Waals surface area contributed by atoms with Crippen molar-refractivity contribution in [3.63, 3.8) is 0 Å². The van der Waals surface area contributed by atoms with Crippen molar-refractivity contribution >= 4 is 32.7 Å². The summed E-state index contributed by atoms with van der Waals surface area (Å²) in [7, 11) is 0. The van der Waals surface area contributed by atoms with E-state index in [1.165, 1.54) is 54.9 Å². The van der Waals surface area contributed by atoms with Crippen LogP contribution in [0, 0.1) is 18.8 Å². The second kappa shape index (κ2) is 7.68. The van der Waals surface area contributed by atoms with Gasteiger partial charge in [-0.25, -0.2) is 0 Å². The largest absolute Gasteiger partial charge is 0.455 e. The first kappa shape index (κ1) is 22.3. The van der Waals surface area contributed by atoms with Gasteiger partial charge in [0.15, 0.2) is 0 Å². The van der Waals surface area contributed by atoms with Crippen LogP contribution in [0.2, 0.25) is 0 Å². The van der Waals surface area contributed by atoms with Crippen molar-refractivity contribution in [3.05, 3.63) is 76.5 Å². The number of aryl methyl sites for hydroxylation is 1. The lowest BCUT2D eigenvalue weighted by atomic mass is 9.73. The summed E-state index contributed by atoms with van der Waals surface area (Å²) < 4.78 is 6.85. The third-order valence-corrected chi connectivity index (χ3v) is 7.78. The fourth-order valence-corrected chi connectivity index (χ4v) is 6.34. The Hall–Kier alpha value is -3.13. The first-order valence-electron chi connectivity index (χ1n) is 13.1. The van der Waals surface area contributed by atoms with Crippen molar-refractivity contribution in [2.45, 2.75) is 66.7 Å². The van der Waals surface area contributed by atoms with E-state index in [1.54, 1.807) is 0 Å². The SMILES string of the molecule is Cc1ccc2c3c(ccc2c1)-c1ncc(CC(C)C)c2oc4c(CC(C)C)ccc(c4c12)C3(C)C. The maximum atomic E-state index is 6.85. The Morgan fingerprint density at radius 3 is 2.29 bits per heavy atom. The van der Waals surface area contributed by atoms with Crippen molar-refractivity contribution in [1.29, 1.82) is 0 Å². The van der Waals surface area contributed by atoms with E-state index in [0.29, 0.717) is 11.8 Å². The number of rotatable bonds is 4. The fourth-order valence-electron chi connectivity index (χ4n) is 6.34. The van der Waals surface area contributed by atoms with Crippen LogP contribution < -0.4 is 0 Å². The fraction of sp³-hybridized carbons (Fsp3) is 0.364. The molecule has 0 amide bonds. The van der Waals surface area contributed by atoms with Crippen molar-refractivity contribution in [2.75, 3.05) is 0 Å². The molecule has 35 heavy (non-hydrogen) atoms. The number of aromatic nitrogens is 1. The summed E-state index contributed by atoms with van der Waals surface area (Å²) in [5.41, 5.74) is 10.7. The minimum atomic E-state index is -0.200. The standard InChI is InChI=1S/C33H35NO/c1-18(2)14-22-10-13-26-27-28-30(34-17-23(15-19(3)4)32(28)35-31(22)27)25-12-9-21-16-20(5)8-11-24(21)29(25)33(26,6)7/h8-13,16-19H,14-15H2,1-7H3. The summed E-state index contributed by atoms with van der Waals surface area (Å²) >= 11 is 0. The van der Waals surface area contributed by atoms with Crippen molar-refractivity contribution < 1.29 is 4.42 Å². The molecule has 0 unspecified atom stereocenters. The smallest absolute Gasteiger partial charge is 0.142 e. The van der Waals surface area contributed by atoms with Gasteiger partial charge in [0.1, 0.15) is 11.2 Å². The lowest BCUT2D eigenvalue weighted by Gasteiger charge is -2.29. The lowest BCUT2D eigenvalue weighted by molar-refractivity contribution is 0.606. The Kier molecular flexibility index (Phi) is 4.90. The predicted octanol–water partition coefficient (Wildman–Crippen LogP) is 9.15. The summed E-state index contributed by atoms with van der Waals surface area (Å²) in [5, 5.41) is 5.09. The Bertz CT molecular complexity index is 1630. The maximum Gasteiger partial charge on any atom is 0.142 e. The summed E-state index contributed by atoms with van der Waals surface area (Å²) in [6.07, 6.45) is 4.05. The number of furan rings is 1. The number of hydrogen-bond donors (Lipinski definition) is 0. The number of fused-ring (bicyclic) bond motifs is 4. The van der Waals surface area contributed by atoms with Crippen molar-refractivity contribution in [2.24, 2.45) is 11.8 Å². The second-order valence-corrected chi connectivity index (χ2v) is 11.9. The average Bonchev–Trinajstić information content (AvgIpc) is 3.16. The highest BCUT2D eigenvalue weighted by Gasteiger charge is 2.36. The Balaban J connectivity index is 1.82. The lowest BCUT2D eigenvalue weighted by Crippen LogP contribution is -2.20. The van der Waals surface area contributed by atoms with Crippen LogP contribution >= 0.6 is 0 Å². The summed E-state index contributed by atoms with van der Waals surface area (Å²) in [6, 6.07) is 16.1. The molecule has 0 spiro atoms. The highest BCUT2D eigenvalue weighted by Crippen LogP contribution is 2.52. The molecule has 2 nitrogen and oxygen atoms in total. The zero-order valence-electron chi connectivity index (χ0n) is 22.0. The van der Waals surface area contributed by atoms with E-state index >= 15 is 0 Å². The molecule has 0 aliphatic heterocycles. The molecule has 0 N–H and O–H groups in total. The molecule has 6 rings (SSSR count). The molecule has 1 aliphatic rings. The van der Waals surface area contributed by atoms with Gasteiger partial charge in [0.25, 0.3) is 0 Å². The monoisotopic (exact) mass is 461 g/mol. The highest BCUT2D eigenvalue weighted by atomic mass is 16.3. The van der Waals surface area contributed by atoms with E-state index < -0.39 is 0 Å². The van der Waals surface area contributed by atoms with Gasteiger partial charge in [0.2, 0.25) is 0 Å². The van der Waals surface area contributed by atoms with E-state index in [9.17, 15) is 0 Å². The van der Waals surface area contributed by atoms with Crippen LogP contribution in [0.3, 0.4) is 0 Å². The molecule has 1 aliphatic carbocycles. The molecule has 0 fully saturated rings. The molecule has 0 saturated heterocycles. The zero-order valence-corrected chi connectivity index (χ0v) is 22.0. The molecule has 2 heterocycles. The van der Waals surface area contributed by atoms with Gasteiger partial charge in [-0.15, -0.1) is 0 Å². The van der Waals surface area contributed by atoms with Crippen LogP contribution in [0.4, 0.5) is 0 Å². The number of hydrogen-bond acceptors (Lipinski definition) is 2. The molecule has 0 radical (unpaired) electrons. The van der Waals surface area contributed by atoms with E-state index in [2.05, 4.69) is 97.1 Å². The van der Waals surface area contributed by atoms with Crippen LogP contribution in [0.5, 0.6) is 0 Å². The van der Waals surface area contributed by atoms with Crippen LogP contribution in [-0.4, -0.2) is 4.98 Å². The third kappa shape index (κ3) is 3.26. The van der Waals surface area contributed by atoms with Crippen LogP contribution in [0.25, 0.3) is 44.0 Å². The topological polar surface area (TPSA) is 26.0 Å². The van der Waals surface area contributed by atoms with E-state index in [0.717, 1.165) is 29.7 Å². The number of benzene rings is 3. The Labute approximate surface area is 208 Å². The van der Waals surface area contributed by atoms with Gasteiger partial charge in [-0.1, -0.05) is 89.6 Å². The van der Waals surface area contributed by atoms with E-state index in [4.69, 9.17) is 9.40 Å². The molecular formula is C33H35NO. The molecular weight excluding hydrogens is 426 g/mol. The molecule has 0 bridgehead atoms. The summed E-state index contributed by atoms with van der Waals surface area (Å²) in [5.74, 6) is 1.10. The predicted molar refractivity (Wildman–Crippen MR) is 148 cm³/mol. The first-order chi connectivity index (χ1) is 16.7.